The van der Waals surface area contributed by atoms with Gasteiger partial charge in [0.25, 0.3) is 0 Å². The molecule has 7 nitrogen and oxygen atoms in total. The van der Waals surface area contributed by atoms with Crippen LogP contribution in [0.25, 0.3) is 0 Å². The SMILES string of the molecule is COc1cc(CCC(=O)N(CC(C)C(=O)O)C2CC2)cc(OC)c1OC. The van der Waals surface area contributed by atoms with Crippen LogP contribution in [0.2, 0.25) is 0 Å². The molecule has 1 amide bonds. The predicted molar refractivity (Wildman–Crippen MR) is 96.0 cm³/mol. The summed E-state index contributed by atoms with van der Waals surface area (Å²) in [5.74, 6) is 0.142. The number of benzene rings is 1. The lowest BCUT2D eigenvalue weighted by molar-refractivity contribution is -0.143. The fraction of sp³-hybridized carbons (Fsp3) is 0.579. The summed E-state index contributed by atoms with van der Waals surface area (Å²) >= 11 is 0. The summed E-state index contributed by atoms with van der Waals surface area (Å²) in [7, 11) is 4.64. The van der Waals surface area contributed by atoms with Crippen LogP contribution in [0.3, 0.4) is 0 Å². The Labute approximate surface area is 153 Å². The molecule has 1 atom stereocenters. The molecule has 0 heterocycles. The van der Waals surface area contributed by atoms with Gasteiger partial charge < -0.3 is 24.2 Å². The standard InChI is InChI=1S/C19H27NO6/c1-12(19(22)23)11-20(14-6-7-14)17(21)8-5-13-9-15(24-2)18(26-4)16(10-13)25-3/h9-10,12,14H,5-8,11H2,1-4H3,(H,22,23). The molecule has 1 aliphatic rings. The van der Waals surface area contributed by atoms with Crippen LogP contribution in [-0.4, -0.2) is 55.8 Å². The second-order valence-corrected chi connectivity index (χ2v) is 6.55. The van der Waals surface area contributed by atoms with Crippen LogP contribution < -0.4 is 14.2 Å². The van der Waals surface area contributed by atoms with Crippen LogP contribution >= 0.6 is 0 Å². The van der Waals surface area contributed by atoms with Gasteiger partial charge in [0.2, 0.25) is 11.7 Å². The molecule has 26 heavy (non-hydrogen) atoms. The average molecular weight is 365 g/mol. The van der Waals surface area contributed by atoms with Crippen LogP contribution in [0.5, 0.6) is 17.2 Å². The highest BCUT2D eigenvalue weighted by molar-refractivity contribution is 5.78. The first-order chi connectivity index (χ1) is 12.4. The third kappa shape index (κ3) is 4.80. The summed E-state index contributed by atoms with van der Waals surface area (Å²) in [6, 6.07) is 3.84. The number of carboxylic acid groups (broad SMARTS) is 1. The molecule has 1 unspecified atom stereocenters. The lowest BCUT2D eigenvalue weighted by Gasteiger charge is -2.24. The van der Waals surface area contributed by atoms with E-state index in [9.17, 15) is 9.59 Å². The Balaban J connectivity index is 2.06. The molecule has 144 valence electrons. The molecule has 0 bridgehead atoms. The monoisotopic (exact) mass is 365 g/mol. The second kappa shape index (κ2) is 8.78. The maximum absolute atomic E-state index is 12.6. The zero-order valence-electron chi connectivity index (χ0n) is 15.8. The second-order valence-electron chi connectivity index (χ2n) is 6.55. The number of aliphatic carboxylic acids is 1. The van der Waals surface area contributed by atoms with Gasteiger partial charge in [-0.05, 0) is 37.0 Å². The smallest absolute Gasteiger partial charge is 0.308 e. The number of ether oxygens (including phenoxy) is 3. The molecule has 1 N–H and O–H groups in total. The van der Waals surface area contributed by atoms with Gasteiger partial charge in [-0.2, -0.15) is 0 Å². The van der Waals surface area contributed by atoms with Gasteiger partial charge in [-0.1, -0.05) is 6.92 Å². The summed E-state index contributed by atoms with van der Waals surface area (Å²) in [4.78, 5) is 25.5. The Morgan fingerprint density at radius 1 is 1.15 bits per heavy atom. The van der Waals surface area contributed by atoms with Crippen molar-refractivity contribution in [3.05, 3.63) is 17.7 Å². The van der Waals surface area contributed by atoms with Gasteiger partial charge >= 0.3 is 5.97 Å². The first kappa shape index (κ1) is 19.9. The van der Waals surface area contributed by atoms with E-state index in [0.717, 1.165) is 18.4 Å². The Morgan fingerprint density at radius 2 is 1.73 bits per heavy atom. The molecular weight excluding hydrogens is 338 g/mol. The molecule has 0 aromatic heterocycles. The number of carbonyl (C=O) groups excluding carboxylic acids is 1. The number of hydrogen-bond acceptors (Lipinski definition) is 5. The number of methoxy groups -OCH3 is 3. The van der Waals surface area contributed by atoms with E-state index in [-0.39, 0.29) is 18.5 Å². The average Bonchev–Trinajstić information content (AvgIpc) is 3.47. The minimum Gasteiger partial charge on any atom is -0.493 e. The van der Waals surface area contributed by atoms with E-state index in [1.54, 1.807) is 33.2 Å². The van der Waals surface area contributed by atoms with Crippen molar-refractivity contribution < 1.29 is 28.9 Å². The van der Waals surface area contributed by atoms with Gasteiger partial charge in [0.1, 0.15) is 0 Å². The van der Waals surface area contributed by atoms with Crippen LogP contribution in [0, 0.1) is 5.92 Å². The van der Waals surface area contributed by atoms with E-state index in [1.165, 1.54) is 0 Å². The van der Waals surface area contributed by atoms with Crippen LogP contribution in [0.4, 0.5) is 0 Å². The largest absolute Gasteiger partial charge is 0.493 e. The Bertz CT molecular complexity index is 630. The van der Waals surface area contributed by atoms with E-state index in [1.807, 2.05) is 12.1 Å². The van der Waals surface area contributed by atoms with Gasteiger partial charge in [-0.15, -0.1) is 0 Å². The molecule has 1 aromatic rings. The number of carbonyl (C=O) groups is 2. The molecule has 1 aromatic carbocycles. The predicted octanol–water partition coefficient (Wildman–Crippen LogP) is 2.36. The molecule has 7 heteroatoms. The first-order valence-electron chi connectivity index (χ1n) is 8.72. The number of nitrogens with zero attached hydrogens (tertiary/aromatic N) is 1. The number of carboxylic acids is 1. The summed E-state index contributed by atoms with van der Waals surface area (Å²) in [6.07, 6.45) is 2.71. The highest BCUT2D eigenvalue weighted by Gasteiger charge is 2.34. The van der Waals surface area contributed by atoms with Crippen LogP contribution in [0.1, 0.15) is 31.7 Å². The van der Waals surface area contributed by atoms with Crippen molar-refractivity contribution >= 4 is 11.9 Å². The topological polar surface area (TPSA) is 85.3 Å². The number of hydrogen-bond donors (Lipinski definition) is 1. The van der Waals surface area contributed by atoms with Crippen LogP contribution in [-0.2, 0) is 16.0 Å². The summed E-state index contributed by atoms with van der Waals surface area (Å²) in [5, 5.41) is 9.11. The highest BCUT2D eigenvalue weighted by Crippen LogP contribution is 2.38. The van der Waals surface area contributed by atoms with Gasteiger partial charge in [-0.3, -0.25) is 9.59 Å². The Kier molecular flexibility index (Phi) is 6.71. The van der Waals surface area contributed by atoms with Gasteiger partial charge in [0, 0.05) is 19.0 Å². The highest BCUT2D eigenvalue weighted by atomic mass is 16.5. The minimum absolute atomic E-state index is 0.0191. The van der Waals surface area contributed by atoms with Crippen molar-refractivity contribution in [2.24, 2.45) is 5.92 Å². The summed E-state index contributed by atoms with van der Waals surface area (Å²) < 4.78 is 16.0. The lowest BCUT2D eigenvalue weighted by atomic mass is 10.1. The van der Waals surface area contributed by atoms with E-state index in [4.69, 9.17) is 19.3 Å². The van der Waals surface area contributed by atoms with Crippen molar-refractivity contribution in [1.82, 2.24) is 4.90 Å². The fourth-order valence-electron chi connectivity index (χ4n) is 2.89. The number of rotatable bonds is 10. The van der Waals surface area contributed by atoms with Crippen molar-refractivity contribution in [2.45, 2.75) is 38.6 Å². The molecule has 2 rings (SSSR count). The maximum Gasteiger partial charge on any atom is 0.308 e. The van der Waals surface area contributed by atoms with Crippen molar-refractivity contribution in [3.63, 3.8) is 0 Å². The van der Waals surface area contributed by atoms with Crippen molar-refractivity contribution in [2.75, 3.05) is 27.9 Å². The van der Waals surface area contributed by atoms with Crippen LogP contribution in [0.15, 0.2) is 12.1 Å². The van der Waals surface area contributed by atoms with E-state index >= 15 is 0 Å². The van der Waals surface area contributed by atoms with E-state index in [0.29, 0.717) is 30.1 Å². The Morgan fingerprint density at radius 3 is 2.15 bits per heavy atom. The maximum atomic E-state index is 12.6. The van der Waals surface area contributed by atoms with E-state index < -0.39 is 11.9 Å². The summed E-state index contributed by atoms with van der Waals surface area (Å²) in [5.41, 5.74) is 0.898. The normalized spacial score (nSPS) is 14.5. The molecule has 0 aliphatic heterocycles. The van der Waals surface area contributed by atoms with Crippen molar-refractivity contribution in [1.29, 1.82) is 0 Å². The van der Waals surface area contributed by atoms with E-state index in [2.05, 4.69) is 0 Å². The third-order valence-corrected chi connectivity index (χ3v) is 4.55. The molecular formula is C19H27NO6. The van der Waals surface area contributed by atoms with Gasteiger partial charge in [0.15, 0.2) is 11.5 Å². The molecule has 1 fully saturated rings. The zero-order chi connectivity index (χ0) is 19.3. The molecule has 0 radical (unpaired) electrons. The van der Waals surface area contributed by atoms with Gasteiger partial charge in [0.05, 0.1) is 27.2 Å². The third-order valence-electron chi connectivity index (χ3n) is 4.55. The van der Waals surface area contributed by atoms with Gasteiger partial charge in [-0.25, -0.2) is 0 Å². The fourth-order valence-corrected chi connectivity index (χ4v) is 2.89. The molecule has 0 spiro atoms. The zero-order valence-corrected chi connectivity index (χ0v) is 15.8. The number of aryl methyl sites for hydroxylation is 1. The molecule has 0 saturated heterocycles. The minimum atomic E-state index is -0.881. The first-order valence-corrected chi connectivity index (χ1v) is 8.72. The summed E-state index contributed by atoms with van der Waals surface area (Å²) in [6.45, 7) is 1.89. The number of amides is 1. The van der Waals surface area contributed by atoms with Crippen molar-refractivity contribution in [3.8, 4) is 17.2 Å². The quantitative estimate of drug-likeness (QED) is 0.685. The molecule has 1 saturated carbocycles. The Hall–Kier alpha value is -2.44. The lowest BCUT2D eigenvalue weighted by Crippen LogP contribution is -2.38. The molecule has 1 aliphatic carbocycles.